The van der Waals surface area contributed by atoms with E-state index in [-0.39, 0.29) is 38.6 Å². The zero-order valence-corrected chi connectivity index (χ0v) is 8.18. The Morgan fingerprint density at radius 1 is 1.20 bits per heavy atom. The predicted octanol–water partition coefficient (Wildman–Crippen LogP) is 1.15. The second-order valence-corrected chi connectivity index (χ2v) is 2.10. The van der Waals surface area contributed by atoms with Gasteiger partial charge in [0.25, 0.3) is 0 Å². The van der Waals surface area contributed by atoms with E-state index in [2.05, 4.69) is 4.98 Å². The molecule has 0 fully saturated rings. The molecule has 0 aliphatic heterocycles. The third-order valence-corrected chi connectivity index (χ3v) is 1.18. The van der Waals surface area contributed by atoms with Gasteiger partial charge in [-0.05, 0) is 12.1 Å². The first-order valence-electron chi connectivity index (χ1n) is 2.88. The van der Waals surface area contributed by atoms with Gasteiger partial charge in [-0.2, -0.15) is 0 Å². The van der Waals surface area contributed by atoms with Crippen LogP contribution in [0.15, 0.2) is 24.5 Å². The molecule has 0 atom stereocenters. The third kappa shape index (κ3) is 2.88. The fourth-order valence-corrected chi connectivity index (χ4v) is 0.642. The van der Waals surface area contributed by atoms with Crippen LogP contribution in [-0.4, -0.2) is 19.1 Å². The molecule has 1 aromatic heterocycles. The Bertz CT molecular complexity index is 174. The Balaban J connectivity index is 0.000000810. The largest absolute Gasteiger partial charge is 0.378 e. The number of aromatic nitrogens is 1. The van der Waals surface area contributed by atoms with Crippen LogP contribution in [0, 0.1) is 38.6 Å². The van der Waals surface area contributed by atoms with Crippen LogP contribution >= 0.6 is 0 Å². The van der Waals surface area contributed by atoms with E-state index < -0.39 is 0 Å². The van der Waals surface area contributed by atoms with Crippen molar-refractivity contribution in [2.24, 2.45) is 0 Å². The van der Waals surface area contributed by atoms with E-state index in [0.717, 1.165) is 0 Å². The molecule has 0 saturated carbocycles. The first-order valence-corrected chi connectivity index (χ1v) is 2.88. The number of anilines is 1. The summed E-state index contributed by atoms with van der Waals surface area (Å²) < 4.78 is 0. The molecule has 2 nitrogen and oxygen atoms in total. The summed E-state index contributed by atoms with van der Waals surface area (Å²) in [5, 5.41) is 0. The molecule has 0 unspecified atom stereocenters. The molecule has 0 aliphatic rings. The number of hydrogen-bond acceptors (Lipinski definition) is 2. The van der Waals surface area contributed by atoms with Crippen LogP contribution in [-0.2, 0) is 0 Å². The minimum absolute atomic E-state index is 0. The maximum Gasteiger partial charge on any atom is 0.0391 e. The number of pyridine rings is 1. The molecule has 1 aromatic rings. The van der Waals surface area contributed by atoms with Gasteiger partial charge in [0.2, 0.25) is 0 Å². The van der Waals surface area contributed by atoms with Crippen molar-refractivity contribution in [2.75, 3.05) is 19.0 Å². The van der Waals surface area contributed by atoms with E-state index in [4.69, 9.17) is 0 Å². The van der Waals surface area contributed by atoms with Crippen LogP contribution in [0.25, 0.3) is 0 Å². The summed E-state index contributed by atoms with van der Waals surface area (Å²) in [4.78, 5) is 5.94. The average molecular weight is 281 g/mol. The Morgan fingerprint density at radius 2 is 1.70 bits per heavy atom. The van der Waals surface area contributed by atoms with Crippen molar-refractivity contribution in [3.8, 4) is 0 Å². The first-order chi connectivity index (χ1) is 4.30. The number of rotatable bonds is 1. The summed E-state index contributed by atoms with van der Waals surface area (Å²) in [5.41, 5.74) is 1.19. The fraction of sp³-hybridized carbons (Fsp3) is 0.286. The van der Waals surface area contributed by atoms with Gasteiger partial charge in [0.1, 0.15) is 0 Å². The zero-order valence-electron chi connectivity index (χ0n) is 6.04. The van der Waals surface area contributed by atoms with E-state index >= 15 is 0 Å². The molecule has 0 bridgehead atoms. The van der Waals surface area contributed by atoms with Crippen molar-refractivity contribution >= 4 is 5.69 Å². The van der Waals surface area contributed by atoms with E-state index in [9.17, 15) is 0 Å². The molecule has 0 amide bonds. The van der Waals surface area contributed by atoms with Crippen LogP contribution in [0.1, 0.15) is 0 Å². The van der Waals surface area contributed by atoms with Gasteiger partial charge in [0.05, 0.1) is 0 Å². The molecule has 3 heteroatoms. The van der Waals surface area contributed by atoms with Crippen molar-refractivity contribution in [3.05, 3.63) is 24.5 Å². The Morgan fingerprint density at radius 3 is 2.00 bits per heavy atom. The third-order valence-electron chi connectivity index (χ3n) is 1.18. The molecular weight excluding hydrogens is 271 g/mol. The summed E-state index contributed by atoms with van der Waals surface area (Å²) in [6, 6.07) is 3.94. The van der Waals surface area contributed by atoms with Crippen LogP contribution < -0.4 is 4.90 Å². The maximum atomic E-state index is 3.90. The van der Waals surface area contributed by atoms with Gasteiger partial charge in [-0.3, -0.25) is 4.98 Å². The molecule has 0 N–H and O–H groups in total. The molecule has 0 aromatic carbocycles. The van der Waals surface area contributed by atoms with Crippen LogP contribution in [0.4, 0.5) is 5.69 Å². The van der Waals surface area contributed by atoms with Gasteiger partial charge in [-0.25, -0.2) is 0 Å². The fourth-order valence-electron chi connectivity index (χ4n) is 0.642. The average Bonchev–Trinajstić information content (AvgIpc) is 1.90. The van der Waals surface area contributed by atoms with Crippen LogP contribution in [0.3, 0.4) is 0 Å². The summed E-state index contributed by atoms with van der Waals surface area (Å²) in [5.74, 6) is 0. The molecular formula is C7H10N2Tb. The second kappa shape index (κ2) is 4.96. The van der Waals surface area contributed by atoms with Gasteiger partial charge < -0.3 is 4.90 Å². The molecule has 0 aliphatic carbocycles. The van der Waals surface area contributed by atoms with E-state index in [1.165, 1.54) is 5.69 Å². The summed E-state index contributed by atoms with van der Waals surface area (Å²) in [6.45, 7) is 0. The van der Waals surface area contributed by atoms with Crippen molar-refractivity contribution in [1.82, 2.24) is 4.98 Å². The SMILES string of the molecule is CN(C)c1ccncc1.[Tb]. The maximum absolute atomic E-state index is 3.90. The first kappa shape index (κ1) is 10.2. The minimum atomic E-state index is 0. The monoisotopic (exact) mass is 281 g/mol. The van der Waals surface area contributed by atoms with E-state index in [1.807, 2.05) is 31.1 Å². The zero-order chi connectivity index (χ0) is 6.69. The standard InChI is InChI=1S/C7H10N2.Tb/c1-9(2)7-3-5-8-6-4-7;/h3-6H,1-2H3;. The summed E-state index contributed by atoms with van der Waals surface area (Å²) >= 11 is 0. The van der Waals surface area contributed by atoms with Gasteiger partial charge in [0.15, 0.2) is 0 Å². The summed E-state index contributed by atoms with van der Waals surface area (Å²) in [6.07, 6.45) is 3.57. The topological polar surface area (TPSA) is 16.1 Å². The molecule has 10 heavy (non-hydrogen) atoms. The van der Waals surface area contributed by atoms with Crippen molar-refractivity contribution in [3.63, 3.8) is 0 Å². The van der Waals surface area contributed by atoms with Gasteiger partial charge in [-0.15, -0.1) is 0 Å². The van der Waals surface area contributed by atoms with Crippen molar-refractivity contribution in [1.29, 1.82) is 0 Å². The molecule has 0 spiro atoms. The minimum Gasteiger partial charge on any atom is -0.378 e. The van der Waals surface area contributed by atoms with Crippen molar-refractivity contribution < 1.29 is 38.6 Å². The Hall–Kier alpha value is 0.236. The molecule has 1 heterocycles. The van der Waals surface area contributed by atoms with Gasteiger partial charge in [0, 0.05) is 70.8 Å². The second-order valence-electron chi connectivity index (χ2n) is 2.10. The van der Waals surface area contributed by atoms with Gasteiger partial charge in [-0.1, -0.05) is 0 Å². The Labute approximate surface area is 92.1 Å². The van der Waals surface area contributed by atoms with E-state index in [0.29, 0.717) is 0 Å². The smallest absolute Gasteiger partial charge is 0.0391 e. The quantitative estimate of drug-likeness (QED) is 0.767. The number of hydrogen-bond donors (Lipinski definition) is 0. The molecule has 1 rings (SSSR count). The van der Waals surface area contributed by atoms with Crippen LogP contribution in [0.2, 0.25) is 0 Å². The van der Waals surface area contributed by atoms with Crippen LogP contribution in [0.5, 0.6) is 0 Å². The van der Waals surface area contributed by atoms with Crippen molar-refractivity contribution in [2.45, 2.75) is 0 Å². The van der Waals surface area contributed by atoms with Gasteiger partial charge >= 0.3 is 0 Å². The molecule has 57 valence electrons. The normalized spacial score (nSPS) is 8.20. The van der Waals surface area contributed by atoms with E-state index in [1.54, 1.807) is 12.4 Å². The number of nitrogens with zero attached hydrogens (tertiary/aromatic N) is 2. The predicted molar refractivity (Wildman–Crippen MR) is 38.6 cm³/mol. The molecule has 1 radical (unpaired) electrons. The Kier molecular flexibility index (Phi) is 5.08. The summed E-state index contributed by atoms with van der Waals surface area (Å²) in [7, 11) is 4.02. The molecule has 0 saturated heterocycles.